The number of carbonyl (C=O) groups excluding carboxylic acids is 3. The predicted octanol–water partition coefficient (Wildman–Crippen LogP) is 2.63. The first-order chi connectivity index (χ1) is 12.8. The van der Waals surface area contributed by atoms with Gasteiger partial charge in [0.25, 0.3) is 5.91 Å². The molecule has 1 aliphatic carbocycles. The third-order valence-corrected chi connectivity index (χ3v) is 5.11. The summed E-state index contributed by atoms with van der Waals surface area (Å²) in [6.45, 7) is 1.64. The Morgan fingerprint density at radius 2 is 1.96 bits per heavy atom. The Bertz CT molecular complexity index is 749. The van der Waals surface area contributed by atoms with E-state index in [1.54, 1.807) is 4.90 Å². The zero-order valence-corrected chi connectivity index (χ0v) is 15.0. The molecule has 1 aromatic carbocycles. The monoisotopic (exact) mass is 380 g/mol. The molecule has 1 heterocycles. The largest absolute Gasteiger partial charge is 0.452 e. The lowest BCUT2D eigenvalue weighted by Crippen LogP contribution is -2.36. The molecule has 8 heteroatoms. The second-order valence-electron chi connectivity index (χ2n) is 7.08. The van der Waals surface area contributed by atoms with Crippen LogP contribution in [0.25, 0.3) is 0 Å². The molecule has 1 aliphatic heterocycles. The van der Waals surface area contributed by atoms with Gasteiger partial charge in [0.1, 0.15) is 11.6 Å². The highest BCUT2D eigenvalue weighted by Crippen LogP contribution is 2.30. The number of benzene rings is 1. The number of esters is 1. The summed E-state index contributed by atoms with van der Waals surface area (Å²) in [5.74, 6) is -3.58. The van der Waals surface area contributed by atoms with Crippen LogP contribution < -0.4 is 5.32 Å². The number of nitrogens with zero attached hydrogens (tertiary/aromatic N) is 1. The summed E-state index contributed by atoms with van der Waals surface area (Å²) in [4.78, 5) is 38.3. The molecule has 146 valence electrons. The number of ether oxygens (including phenoxy) is 1. The van der Waals surface area contributed by atoms with Crippen LogP contribution in [0.2, 0.25) is 0 Å². The van der Waals surface area contributed by atoms with Gasteiger partial charge in [-0.15, -0.1) is 0 Å². The van der Waals surface area contributed by atoms with Crippen LogP contribution in [-0.4, -0.2) is 41.4 Å². The van der Waals surface area contributed by atoms with Crippen LogP contribution in [0.4, 0.5) is 14.5 Å². The van der Waals surface area contributed by atoms with Crippen LogP contribution in [0.3, 0.4) is 0 Å². The van der Waals surface area contributed by atoms with Crippen LogP contribution in [0.5, 0.6) is 0 Å². The quantitative estimate of drug-likeness (QED) is 0.797. The predicted molar refractivity (Wildman–Crippen MR) is 92.6 cm³/mol. The van der Waals surface area contributed by atoms with Gasteiger partial charge < -0.3 is 15.0 Å². The lowest BCUT2D eigenvalue weighted by molar-refractivity contribution is -0.157. The molecule has 3 rings (SSSR count). The Kier molecular flexibility index (Phi) is 5.72. The van der Waals surface area contributed by atoms with Crippen molar-refractivity contribution in [3.63, 3.8) is 0 Å². The van der Waals surface area contributed by atoms with Crippen molar-refractivity contribution in [1.29, 1.82) is 0 Å². The van der Waals surface area contributed by atoms with Gasteiger partial charge in [-0.25, -0.2) is 8.78 Å². The third kappa shape index (κ3) is 4.43. The van der Waals surface area contributed by atoms with Crippen molar-refractivity contribution in [1.82, 2.24) is 4.90 Å². The van der Waals surface area contributed by atoms with E-state index in [1.807, 2.05) is 0 Å². The van der Waals surface area contributed by atoms with E-state index in [0.29, 0.717) is 6.54 Å². The molecule has 1 N–H and O–H groups in total. The maximum Gasteiger partial charge on any atom is 0.312 e. The van der Waals surface area contributed by atoms with Crippen LogP contribution in [-0.2, 0) is 19.1 Å². The smallest absolute Gasteiger partial charge is 0.312 e. The van der Waals surface area contributed by atoms with Gasteiger partial charge in [-0.2, -0.15) is 0 Å². The molecule has 0 radical (unpaired) electrons. The summed E-state index contributed by atoms with van der Waals surface area (Å²) in [7, 11) is 0. The number of likely N-dealkylation sites (tertiary alicyclic amines) is 1. The second-order valence-corrected chi connectivity index (χ2v) is 7.08. The molecule has 0 spiro atoms. The normalized spacial score (nSPS) is 21.4. The summed E-state index contributed by atoms with van der Waals surface area (Å²) in [5, 5.41) is 2.20. The molecular formula is C19H22F2N2O4. The highest BCUT2D eigenvalue weighted by molar-refractivity contribution is 5.95. The summed E-state index contributed by atoms with van der Waals surface area (Å²) in [5.41, 5.74) is -0.327. The minimum Gasteiger partial charge on any atom is -0.452 e. The average molecular weight is 380 g/mol. The van der Waals surface area contributed by atoms with Crippen LogP contribution in [0, 0.1) is 17.6 Å². The maximum atomic E-state index is 13.6. The topological polar surface area (TPSA) is 75.7 Å². The van der Waals surface area contributed by atoms with E-state index in [-0.39, 0.29) is 24.1 Å². The van der Waals surface area contributed by atoms with Gasteiger partial charge >= 0.3 is 5.97 Å². The highest BCUT2D eigenvalue weighted by atomic mass is 19.1. The van der Waals surface area contributed by atoms with Crippen molar-refractivity contribution in [2.45, 2.75) is 51.2 Å². The van der Waals surface area contributed by atoms with Crippen molar-refractivity contribution in [2.75, 3.05) is 11.9 Å². The van der Waals surface area contributed by atoms with Crippen LogP contribution >= 0.6 is 0 Å². The molecule has 1 saturated carbocycles. The Morgan fingerprint density at radius 3 is 2.67 bits per heavy atom. The molecule has 2 amide bonds. The second kappa shape index (κ2) is 8.02. The lowest BCUT2D eigenvalue weighted by Gasteiger charge is -2.24. The Hall–Kier alpha value is -2.51. The molecule has 1 saturated heterocycles. The first-order valence-corrected chi connectivity index (χ1v) is 9.11. The fourth-order valence-electron chi connectivity index (χ4n) is 3.61. The molecule has 1 aromatic rings. The maximum absolute atomic E-state index is 13.6. The lowest BCUT2D eigenvalue weighted by atomic mass is 10.1. The van der Waals surface area contributed by atoms with Gasteiger partial charge in [0.2, 0.25) is 5.91 Å². The van der Waals surface area contributed by atoms with E-state index in [0.717, 1.165) is 43.9 Å². The molecule has 2 atom stereocenters. The molecule has 2 fully saturated rings. The molecule has 0 bridgehead atoms. The molecule has 27 heavy (non-hydrogen) atoms. The fourth-order valence-corrected chi connectivity index (χ4v) is 3.61. The van der Waals surface area contributed by atoms with Crippen molar-refractivity contribution in [3.05, 3.63) is 29.8 Å². The van der Waals surface area contributed by atoms with Gasteiger partial charge in [-0.1, -0.05) is 12.8 Å². The SMILES string of the molecule is C[C@H](OC(=O)[C@@H]1CC(=O)N(C2CCCC2)C1)C(=O)Nc1cc(F)ccc1F. The molecule has 6 nitrogen and oxygen atoms in total. The Morgan fingerprint density at radius 1 is 1.26 bits per heavy atom. The number of amides is 2. The van der Waals surface area contributed by atoms with E-state index in [2.05, 4.69) is 5.32 Å². The first kappa shape index (κ1) is 19.3. The third-order valence-electron chi connectivity index (χ3n) is 5.11. The Balaban J connectivity index is 1.54. The van der Waals surface area contributed by atoms with Gasteiger partial charge in [0.15, 0.2) is 6.10 Å². The van der Waals surface area contributed by atoms with Gasteiger partial charge in [0, 0.05) is 25.1 Å². The first-order valence-electron chi connectivity index (χ1n) is 9.11. The number of anilines is 1. The van der Waals surface area contributed by atoms with Gasteiger partial charge in [-0.05, 0) is 31.9 Å². The number of carbonyl (C=O) groups is 3. The van der Waals surface area contributed by atoms with Crippen molar-refractivity contribution in [2.24, 2.45) is 5.92 Å². The highest BCUT2D eigenvalue weighted by Gasteiger charge is 2.40. The van der Waals surface area contributed by atoms with Gasteiger partial charge in [-0.3, -0.25) is 14.4 Å². The minimum absolute atomic E-state index is 0.0669. The fraction of sp³-hybridized carbons (Fsp3) is 0.526. The number of hydrogen-bond acceptors (Lipinski definition) is 4. The van der Waals surface area contributed by atoms with Crippen LogP contribution in [0.15, 0.2) is 18.2 Å². The van der Waals surface area contributed by atoms with E-state index in [1.165, 1.54) is 6.92 Å². The van der Waals surface area contributed by atoms with Crippen molar-refractivity contribution in [3.8, 4) is 0 Å². The summed E-state index contributed by atoms with van der Waals surface area (Å²) < 4.78 is 31.9. The minimum atomic E-state index is -1.20. The number of halogens is 2. The summed E-state index contributed by atoms with van der Waals surface area (Å²) in [6.07, 6.45) is 2.93. The van der Waals surface area contributed by atoms with E-state index in [9.17, 15) is 23.2 Å². The van der Waals surface area contributed by atoms with E-state index in [4.69, 9.17) is 4.74 Å². The zero-order chi connectivity index (χ0) is 19.6. The summed E-state index contributed by atoms with van der Waals surface area (Å²) >= 11 is 0. The molecular weight excluding hydrogens is 358 g/mol. The van der Waals surface area contributed by atoms with Crippen LogP contribution in [0.1, 0.15) is 39.0 Å². The Labute approximate surface area is 155 Å². The zero-order valence-electron chi connectivity index (χ0n) is 15.0. The van der Waals surface area contributed by atoms with Crippen molar-refractivity contribution < 1.29 is 27.9 Å². The number of rotatable bonds is 5. The number of hydrogen-bond donors (Lipinski definition) is 1. The van der Waals surface area contributed by atoms with Crippen molar-refractivity contribution >= 4 is 23.5 Å². The average Bonchev–Trinajstić information content (AvgIpc) is 3.27. The standard InChI is InChI=1S/C19H22F2N2O4/c1-11(18(25)22-16-9-13(20)6-7-15(16)21)27-19(26)12-8-17(24)23(10-12)14-4-2-3-5-14/h6-7,9,11-12,14H,2-5,8,10H2,1H3,(H,22,25)/t11-,12+/m0/s1. The number of nitrogens with one attached hydrogen (secondary N) is 1. The van der Waals surface area contributed by atoms with Gasteiger partial charge in [0.05, 0.1) is 11.6 Å². The van der Waals surface area contributed by atoms with E-state index >= 15 is 0 Å². The summed E-state index contributed by atoms with van der Waals surface area (Å²) in [6, 6.07) is 2.86. The molecule has 0 unspecified atom stereocenters. The molecule has 0 aromatic heterocycles. The van der Waals surface area contributed by atoms with E-state index < -0.39 is 35.5 Å². The molecule has 2 aliphatic rings.